The molecule has 0 heterocycles. The maximum absolute atomic E-state index is 11.4. The highest BCUT2D eigenvalue weighted by atomic mass is 32.2. The van der Waals surface area contributed by atoms with Gasteiger partial charge in [-0.2, -0.15) is 0 Å². The quantitative estimate of drug-likeness (QED) is 0.364. The Kier molecular flexibility index (Phi) is 5.31. The Hall–Kier alpha value is -1.20. The van der Waals surface area contributed by atoms with Crippen molar-refractivity contribution in [3.05, 3.63) is 24.3 Å². The van der Waals surface area contributed by atoms with Crippen molar-refractivity contribution in [2.75, 3.05) is 7.11 Å². The minimum Gasteiger partial charge on any atom is -0.497 e. The van der Waals surface area contributed by atoms with Gasteiger partial charge in [-0.15, -0.1) is 11.8 Å². The lowest BCUT2D eigenvalue weighted by molar-refractivity contribution is -0.124. The van der Waals surface area contributed by atoms with Crippen LogP contribution in [0.15, 0.2) is 29.2 Å². The zero-order valence-electron chi connectivity index (χ0n) is 10.3. The zero-order chi connectivity index (χ0) is 12.8. The number of hydrogen-bond donors (Lipinski definition) is 2. The third-order valence-electron chi connectivity index (χ3n) is 2.62. The average Bonchev–Trinajstić information content (AvgIpc) is 2.37. The molecular formula is C12H18N2O2S. The number of nitrogens with one attached hydrogen (secondary N) is 1. The highest BCUT2D eigenvalue weighted by Crippen LogP contribution is 2.30. The Balaban J connectivity index is 2.66. The lowest BCUT2D eigenvalue weighted by Gasteiger charge is -2.17. The SMILES string of the molecule is COc1cccc(SC(C)C(C)C(=O)NN)c1. The number of nitrogens with two attached hydrogens (primary N) is 1. The summed E-state index contributed by atoms with van der Waals surface area (Å²) < 4.78 is 5.15. The van der Waals surface area contributed by atoms with Crippen molar-refractivity contribution in [2.45, 2.75) is 24.0 Å². The lowest BCUT2D eigenvalue weighted by Crippen LogP contribution is -2.38. The molecule has 1 amide bonds. The van der Waals surface area contributed by atoms with Crippen molar-refractivity contribution < 1.29 is 9.53 Å². The van der Waals surface area contributed by atoms with Gasteiger partial charge in [0.1, 0.15) is 5.75 Å². The number of benzene rings is 1. The van der Waals surface area contributed by atoms with Crippen LogP contribution in [0.1, 0.15) is 13.8 Å². The molecule has 1 aromatic carbocycles. The molecule has 0 spiro atoms. The van der Waals surface area contributed by atoms with Gasteiger partial charge in [-0.3, -0.25) is 10.2 Å². The van der Waals surface area contributed by atoms with Gasteiger partial charge in [0.15, 0.2) is 0 Å². The molecule has 0 saturated heterocycles. The first-order valence-corrected chi connectivity index (χ1v) is 6.27. The Morgan fingerprint density at radius 2 is 2.18 bits per heavy atom. The first-order valence-electron chi connectivity index (χ1n) is 5.39. The van der Waals surface area contributed by atoms with Crippen molar-refractivity contribution in [2.24, 2.45) is 11.8 Å². The minimum atomic E-state index is -0.145. The summed E-state index contributed by atoms with van der Waals surface area (Å²) in [7, 11) is 1.64. The average molecular weight is 254 g/mol. The van der Waals surface area contributed by atoms with Gasteiger partial charge in [-0.25, -0.2) is 5.84 Å². The summed E-state index contributed by atoms with van der Waals surface area (Å²) in [4.78, 5) is 12.5. The van der Waals surface area contributed by atoms with Gasteiger partial charge in [0.2, 0.25) is 5.91 Å². The topological polar surface area (TPSA) is 64.3 Å². The molecule has 17 heavy (non-hydrogen) atoms. The smallest absolute Gasteiger partial charge is 0.237 e. The molecule has 5 heteroatoms. The molecule has 0 aliphatic carbocycles. The van der Waals surface area contributed by atoms with Crippen LogP contribution in [0.4, 0.5) is 0 Å². The maximum atomic E-state index is 11.4. The van der Waals surface area contributed by atoms with Crippen molar-refractivity contribution >= 4 is 17.7 Å². The van der Waals surface area contributed by atoms with E-state index in [1.807, 2.05) is 38.1 Å². The number of thioether (sulfide) groups is 1. The number of rotatable bonds is 5. The molecule has 1 aromatic rings. The van der Waals surface area contributed by atoms with Crippen LogP contribution in [0.25, 0.3) is 0 Å². The summed E-state index contributed by atoms with van der Waals surface area (Å²) in [5.41, 5.74) is 2.18. The van der Waals surface area contributed by atoms with E-state index in [1.54, 1.807) is 18.9 Å². The summed E-state index contributed by atoms with van der Waals surface area (Å²) in [6, 6.07) is 7.78. The molecule has 0 fully saturated rings. The van der Waals surface area contributed by atoms with E-state index >= 15 is 0 Å². The predicted octanol–water partition coefficient (Wildman–Crippen LogP) is 1.80. The van der Waals surface area contributed by atoms with E-state index < -0.39 is 0 Å². The number of methoxy groups -OCH3 is 1. The molecule has 0 aliphatic rings. The van der Waals surface area contributed by atoms with Gasteiger partial charge < -0.3 is 4.74 Å². The zero-order valence-corrected chi connectivity index (χ0v) is 11.1. The lowest BCUT2D eigenvalue weighted by atomic mass is 10.1. The first kappa shape index (κ1) is 13.9. The van der Waals surface area contributed by atoms with Crippen molar-refractivity contribution in [3.8, 4) is 5.75 Å². The summed E-state index contributed by atoms with van der Waals surface area (Å²) in [5.74, 6) is 5.65. The highest BCUT2D eigenvalue weighted by Gasteiger charge is 2.20. The molecule has 94 valence electrons. The monoisotopic (exact) mass is 254 g/mol. The summed E-state index contributed by atoms with van der Waals surface area (Å²) >= 11 is 1.63. The van der Waals surface area contributed by atoms with Gasteiger partial charge in [0.25, 0.3) is 0 Å². The van der Waals surface area contributed by atoms with Crippen LogP contribution < -0.4 is 16.0 Å². The molecule has 0 aromatic heterocycles. The molecule has 2 unspecified atom stereocenters. The van der Waals surface area contributed by atoms with E-state index in [1.165, 1.54) is 0 Å². The van der Waals surface area contributed by atoms with Gasteiger partial charge in [0, 0.05) is 16.1 Å². The predicted molar refractivity (Wildman–Crippen MR) is 69.8 cm³/mol. The van der Waals surface area contributed by atoms with Gasteiger partial charge >= 0.3 is 0 Å². The van der Waals surface area contributed by atoms with E-state index in [4.69, 9.17) is 10.6 Å². The van der Waals surface area contributed by atoms with Crippen molar-refractivity contribution in [3.63, 3.8) is 0 Å². The Morgan fingerprint density at radius 1 is 1.47 bits per heavy atom. The normalized spacial score (nSPS) is 13.9. The summed E-state index contributed by atoms with van der Waals surface area (Å²) in [5, 5.41) is 0.144. The van der Waals surface area contributed by atoms with E-state index in [-0.39, 0.29) is 17.1 Å². The number of carbonyl (C=O) groups is 1. The van der Waals surface area contributed by atoms with Crippen LogP contribution >= 0.6 is 11.8 Å². The Labute approximate surface area is 106 Å². The van der Waals surface area contributed by atoms with Gasteiger partial charge in [-0.1, -0.05) is 19.9 Å². The summed E-state index contributed by atoms with van der Waals surface area (Å²) in [6.07, 6.45) is 0. The van der Waals surface area contributed by atoms with Crippen LogP contribution in [0.2, 0.25) is 0 Å². The fourth-order valence-corrected chi connectivity index (χ4v) is 2.43. The maximum Gasteiger partial charge on any atom is 0.237 e. The van der Waals surface area contributed by atoms with Crippen LogP contribution in [0.3, 0.4) is 0 Å². The van der Waals surface area contributed by atoms with Crippen LogP contribution in [-0.2, 0) is 4.79 Å². The van der Waals surface area contributed by atoms with Crippen molar-refractivity contribution in [1.82, 2.24) is 5.43 Å². The van der Waals surface area contributed by atoms with Gasteiger partial charge in [0.05, 0.1) is 7.11 Å². The second kappa shape index (κ2) is 6.51. The number of ether oxygens (including phenoxy) is 1. The van der Waals surface area contributed by atoms with Crippen LogP contribution in [0, 0.1) is 5.92 Å². The first-order chi connectivity index (χ1) is 8.08. The largest absolute Gasteiger partial charge is 0.497 e. The second-order valence-electron chi connectivity index (χ2n) is 3.80. The molecule has 0 saturated carbocycles. The van der Waals surface area contributed by atoms with E-state index in [2.05, 4.69) is 5.43 Å². The van der Waals surface area contributed by atoms with Gasteiger partial charge in [-0.05, 0) is 18.2 Å². The Morgan fingerprint density at radius 3 is 2.76 bits per heavy atom. The van der Waals surface area contributed by atoms with E-state index in [0.29, 0.717) is 0 Å². The number of hydrogen-bond acceptors (Lipinski definition) is 4. The number of amides is 1. The molecular weight excluding hydrogens is 236 g/mol. The summed E-state index contributed by atoms with van der Waals surface area (Å²) in [6.45, 7) is 3.87. The number of carbonyl (C=O) groups excluding carboxylic acids is 1. The molecule has 4 nitrogen and oxygen atoms in total. The fourth-order valence-electron chi connectivity index (χ4n) is 1.34. The molecule has 2 atom stereocenters. The second-order valence-corrected chi connectivity index (χ2v) is 5.25. The third-order valence-corrected chi connectivity index (χ3v) is 3.93. The molecule has 0 bridgehead atoms. The molecule has 0 aliphatic heterocycles. The molecule has 1 rings (SSSR count). The standard InChI is InChI=1S/C12H18N2O2S/c1-8(12(15)14-13)9(2)17-11-6-4-5-10(7-11)16-3/h4-9H,13H2,1-3H3,(H,14,15). The Bertz CT molecular complexity index is 385. The van der Waals surface area contributed by atoms with E-state index in [0.717, 1.165) is 10.6 Å². The highest BCUT2D eigenvalue weighted by molar-refractivity contribution is 8.00. The third kappa shape index (κ3) is 3.94. The number of hydrazine groups is 1. The van der Waals surface area contributed by atoms with Crippen molar-refractivity contribution in [1.29, 1.82) is 0 Å². The minimum absolute atomic E-state index is 0.142. The fraction of sp³-hybridized carbons (Fsp3) is 0.417. The van der Waals surface area contributed by atoms with E-state index in [9.17, 15) is 4.79 Å². The molecule has 3 N–H and O–H groups in total. The van der Waals surface area contributed by atoms with Crippen LogP contribution in [0.5, 0.6) is 5.75 Å². The molecule has 0 radical (unpaired) electrons. The van der Waals surface area contributed by atoms with Crippen LogP contribution in [-0.4, -0.2) is 18.3 Å².